The minimum Gasteiger partial charge on any atom is -0.307 e. The maximum Gasteiger partial charge on any atom is 0.0366 e. The molecule has 0 spiro atoms. The first-order chi connectivity index (χ1) is 12.3. The van der Waals surface area contributed by atoms with E-state index >= 15 is 0 Å². The van der Waals surface area contributed by atoms with Gasteiger partial charge in [0.05, 0.1) is 0 Å². The fourth-order valence-electron chi connectivity index (χ4n) is 4.02. The fourth-order valence-corrected chi connectivity index (χ4v) is 4.02. The number of halogens is 1. The molecule has 1 aliphatic rings. The number of nitrogens with one attached hydrogen (secondary N) is 1. The predicted molar refractivity (Wildman–Crippen MR) is 112 cm³/mol. The molecule has 2 heteroatoms. The summed E-state index contributed by atoms with van der Waals surface area (Å²) in [5, 5.41) is 3.90. The van der Waals surface area contributed by atoms with E-state index in [1.54, 1.807) is 0 Å². The van der Waals surface area contributed by atoms with Crippen molar-refractivity contribution in [2.45, 2.75) is 38.3 Å². The molecule has 0 aliphatic heterocycles. The zero-order chi connectivity index (χ0) is 17.1. The Kier molecular flexibility index (Phi) is 6.13. The second-order valence-electron chi connectivity index (χ2n) is 7.16. The van der Waals surface area contributed by atoms with Crippen LogP contribution in [0.5, 0.6) is 0 Å². The number of benzene rings is 3. The Labute approximate surface area is 162 Å². The van der Waals surface area contributed by atoms with Crippen LogP contribution in [0.25, 0.3) is 0 Å². The van der Waals surface area contributed by atoms with E-state index in [1.807, 2.05) is 0 Å². The molecule has 3 aromatic carbocycles. The van der Waals surface area contributed by atoms with Crippen molar-refractivity contribution in [3.8, 4) is 0 Å². The van der Waals surface area contributed by atoms with Gasteiger partial charge in [-0.1, -0.05) is 78.9 Å². The summed E-state index contributed by atoms with van der Waals surface area (Å²) in [6.07, 6.45) is 3.16. The molecule has 1 nitrogen and oxygen atoms in total. The first-order valence-electron chi connectivity index (χ1n) is 9.24. The third-order valence-corrected chi connectivity index (χ3v) is 5.22. The second kappa shape index (κ2) is 8.53. The van der Waals surface area contributed by atoms with Crippen LogP contribution in [0.1, 0.15) is 40.8 Å². The monoisotopic (exact) mass is 363 g/mol. The molecule has 134 valence electrons. The number of fused-ring (bicyclic) bond motifs is 2. The minimum absolute atomic E-state index is 0. The van der Waals surface area contributed by atoms with E-state index in [0.29, 0.717) is 12.1 Å². The van der Waals surface area contributed by atoms with Gasteiger partial charge in [-0.25, -0.2) is 0 Å². The van der Waals surface area contributed by atoms with Gasteiger partial charge in [-0.15, -0.1) is 12.4 Å². The molecule has 1 aliphatic carbocycles. The Bertz CT molecular complexity index is 844. The van der Waals surface area contributed by atoms with Crippen molar-refractivity contribution in [2.75, 3.05) is 0 Å². The molecule has 0 saturated carbocycles. The summed E-state index contributed by atoms with van der Waals surface area (Å²) in [5.41, 5.74) is 7.25. The van der Waals surface area contributed by atoms with E-state index in [2.05, 4.69) is 91.1 Å². The quantitative estimate of drug-likeness (QED) is 0.643. The van der Waals surface area contributed by atoms with Crippen LogP contribution in [0.15, 0.2) is 78.9 Å². The van der Waals surface area contributed by atoms with Gasteiger partial charge < -0.3 is 5.32 Å². The average molecular weight is 364 g/mol. The largest absolute Gasteiger partial charge is 0.307 e. The third kappa shape index (κ3) is 4.17. The molecular formula is C24H26ClN. The lowest BCUT2D eigenvalue weighted by atomic mass is 9.96. The topological polar surface area (TPSA) is 12.0 Å². The molecule has 0 bridgehead atoms. The van der Waals surface area contributed by atoms with Gasteiger partial charge in [-0.2, -0.15) is 0 Å². The highest BCUT2D eigenvalue weighted by Crippen LogP contribution is 2.30. The molecule has 2 unspecified atom stereocenters. The lowest BCUT2D eigenvalue weighted by Crippen LogP contribution is -2.33. The van der Waals surface area contributed by atoms with Crippen LogP contribution in [0.4, 0.5) is 0 Å². The van der Waals surface area contributed by atoms with Crippen molar-refractivity contribution in [1.29, 1.82) is 0 Å². The van der Waals surface area contributed by atoms with Crippen LogP contribution in [0, 0.1) is 0 Å². The highest BCUT2D eigenvalue weighted by atomic mass is 35.5. The molecule has 0 radical (unpaired) electrons. The summed E-state index contributed by atoms with van der Waals surface area (Å²) < 4.78 is 0. The number of rotatable bonds is 4. The summed E-state index contributed by atoms with van der Waals surface area (Å²) >= 11 is 0. The van der Waals surface area contributed by atoms with Crippen molar-refractivity contribution >= 4 is 12.4 Å². The van der Waals surface area contributed by atoms with Crippen molar-refractivity contribution in [3.63, 3.8) is 0 Å². The van der Waals surface area contributed by atoms with Crippen LogP contribution in [-0.2, 0) is 19.3 Å². The van der Waals surface area contributed by atoms with Gasteiger partial charge in [0.1, 0.15) is 0 Å². The lowest BCUT2D eigenvalue weighted by Gasteiger charge is -2.24. The van der Waals surface area contributed by atoms with Gasteiger partial charge in [-0.05, 0) is 54.0 Å². The van der Waals surface area contributed by atoms with E-state index in [4.69, 9.17) is 0 Å². The van der Waals surface area contributed by atoms with Crippen LogP contribution in [-0.4, -0.2) is 6.04 Å². The van der Waals surface area contributed by atoms with Crippen molar-refractivity contribution < 1.29 is 0 Å². The van der Waals surface area contributed by atoms with Gasteiger partial charge in [-0.3, -0.25) is 0 Å². The lowest BCUT2D eigenvalue weighted by molar-refractivity contribution is 0.451. The normalized spacial score (nSPS) is 16.6. The smallest absolute Gasteiger partial charge is 0.0366 e. The summed E-state index contributed by atoms with van der Waals surface area (Å²) in [6, 6.07) is 29.4. The highest BCUT2D eigenvalue weighted by molar-refractivity contribution is 5.85. The minimum atomic E-state index is 0. The average Bonchev–Trinajstić information content (AvgIpc) is 2.79. The van der Waals surface area contributed by atoms with Crippen molar-refractivity contribution in [1.82, 2.24) is 5.32 Å². The Morgan fingerprint density at radius 3 is 2.19 bits per heavy atom. The van der Waals surface area contributed by atoms with Gasteiger partial charge in [0.25, 0.3) is 0 Å². The maximum atomic E-state index is 3.90. The fraction of sp³-hybridized carbons (Fsp3) is 0.250. The molecule has 0 aromatic heterocycles. The van der Waals surface area contributed by atoms with Gasteiger partial charge in [0.2, 0.25) is 0 Å². The standard InChI is InChI=1S/C24H25N.ClH/c1-18(15-19-9-3-2-4-10-19)25-24-17-21-12-6-5-11-20(21)16-22-13-7-8-14-23(22)24;/h2-14,18,24-25H,15-17H2,1H3;1H. The van der Waals surface area contributed by atoms with Gasteiger partial charge in [0.15, 0.2) is 0 Å². The van der Waals surface area contributed by atoms with Gasteiger partial charge >= 0.3 is 0 Å². The second-order valence-corrected chi connectivity index (χ2v) is 7.16. The molecule has 1 N–H and O–H groups in total. The third-order valence-electron chi connectivity index (χ3n) is 5.22. The van der Waals surface area contributed by atoms with Gasteiger partial charge in [0, 0.05) is 12.1 Å². The molecule has 4 rings (SSSR count). The number of hydrogen-bond donors (Lipinski definition) is 1. The van der Waals surface area contributed by atoms with E-state index in [0.717, 1.165) is 19.3 Å². The van der Waals surface area contributed by atoms with E-state index in [1.165, 1.54) is 27.8 Å². The summed E-state index contributed by atoms with van der Waals surface area (Å²) in [6.45, 7) is 2.30. The SMILES string of the molecule is CC(Cc1ccccc1)NC1Cc2ccccc2Cc2ccccc21.Cl. The Morgan fingerprint density at radius 1 is 0.808 bits per heavy atom. The Morgan fingerprint density at radius 2 is 1.42 bits per heavy atom. The van der Waals surface area contributed by atoms with Crippen molar-refractivity contribution in [2.24, 2.45) is 0 Å². The molecular weight excluding hydrogens is 338 g/mol. The Hall–Kier alpha value is -2.09. The maximum absolute atomic E-state index is 3.90. The van der Waals surface area contributed by atoms with E-state index in [-0.39, 0.29) is 12.4 Å². The Balaban J connectivity index is 0.00000196. The predicted octanol–water partition coefficient (Wildman–Crippen LogP) is 5.52. The van der Waals surface area contributed by atoms with E-state index in [9.17, 15) is 0 Å². The van der Waals surface area contributed by atoms with Crippen molar-refractivity contribution in [3.05, 3.63) is 107 Å². The number of hydrogen-bond acceptors (Lipinski definition) is 1. The van der Waals surface area contributed by atoms with E-state index < -0.39 is 0 Å². The molecule has 3 aromatic rings. The first kappa shape index (κ1) is 18.7. The molecule has 0 amide bonds. The first-order valence-corrected chi connectivity index (χ1v) is 9.24. The van der Waals surface area contributed by atoms with Crippen LogP contribution >= 0.6 is 12.4 Å². The summed E-state index contributed by atoms with van der Waals surface area (Å²) in [7, 11) is 0. The van der Waals surface area contributed by atoms with Crippen LogP contribution < -0.4 is 5.32 Å². The zero-order valence-corrected chi connectivity index (χ0v) is 16.0. The molecule has 0 saturated heterocycles. The molecule has 2 atom stereocenters. The summed E-state index contributed by atoms with van der Waals surface area (Å²) in [4.78, 5) is 0. The highest BCUT2D eigenvalue weighted by Gasteiger charge is 2.22. The summed E-state index contributed by atoms with van der Waals surface area (Å²) in [5.74, 6) is 0. The molecule has 0 fully saturated rings. The molecule has 0 heterocycles. The van der Waals surface area contributed by atoms with Crippen LogP contribution in [0.3, 0.4) is 0 Å². The zero-order valence-electron chi connectivity index (χ0n) is 15.2. The van der Waals surface area contributed by atoms with Crippen LogP contribution in [0.2, 0.25) is 0 Å². The molecule has 26 heavy (non-hydrogen) atoms.